The molecule has 1 aliphatic rings. The van der Waals surface area contributed by atoms with Gasteiger partial charge in [-0.05, 0) is 43.9 Å². The van der Waals surface area contributed by atoms with Crippen LogP contribution in [0.5, 0.6) is 5.75 Å². The van der Waals surface area contributed by atoms with Gasteiger partial charge >= 0.3 is 5.97 Å². The van der Waals surface area contributed by atoms with Gasteiger partial charge in [-0.1, -0.05) is 12.1 Å². The number of carbonyl (C=O) groups excluding carboxylic acids is 1. The van der Waals surface area contributed by atoms with Gasteiger partial charge in [0, 0.05) is 5.92 Å². The summed E-state index contributed by atoms with van der Waals surface area (Å²) in [6, 6.07) is 7.29. The molecule has 3 atom stereocenters. The summed E-state index contributed by atoms with van der Waals surface area (Å²) in [6.07, 6.45) is 0.936. The van der Waals surface area contributed by atoms with Crippen LogP contribution in [-0.4, -0.2) is 25.9 Å². The van der Waals surface area contributed by atoms with Gasteiger partial charge in [-0.25, -0.2) is 4.39 Å². The molecule has 4 heteroatoms. The van der Waals surface area contributed by atoms with E-state index in [4.69, 9.17) is 9.47 Å². The van der Waals surface area contributed by atoms with E-state index in [0.717, 1.165) is 17.7 Å². The first-order valence-corrected chi connectivity index (χ1v) is 7.12. The van der Waals surface area contributed by atoms with Gasteiger partial charge < -0.3 is 9.47 Å². The molecular weight excluding hydrogens is 259 g/mol. The van der Waals surface area contributed by atoms with Crippen molar-refractivity contribution in [3.63, 3.8) is 0 Å². The lowest BCUT2D eigenvalue weighted by molar-refractivity contribution is -0.150. The minimum atomic E-state index is -0.994. The summed E-state index contributed by atoms with van der Waals surface area (Å²) in [5.41, 5.74) is 0.844. The number of ether oxygens (including phenoxy) is 2. The van der Waals surface area contributed by atoms with Crippen LogP contribution in [0.4, 0.5) is 4.39 Å². The molecule has 0 unspecified atom stereocenters. The van der Waals surface area contributed by atoms with Gasteiger partial charge in [0.1, 0.15) is 11.9 Å². The van der Waals surface area contributed by atoms with Crippen molar-refractivity contribution in [1.29, 1.82) is 0 Å². The Kier molecular flexibility index (Phi) is 4.99. The quantitative estimate of drug-likeness (QED) is 0.792. The summed E-state index contributed by atoms with van der Waals surface area (Å²) in [4.78, 5) is 12.0. The normalized spacial score (nSPS) is 26.1. The third-order valence-electron chi connectivity index (χ3n) is 3.91. The summed E-state index contributed by atoms with van der Waals surface area (Å²) in [7, 11) is 1.59. The van der Waals surface area contributed by atoms with Crippen LogP contribution in [0.2, 0.25) is 0 Å². The molecule has 0 bridgehead atoms. The highest BCUT2D eigenvalue weighted by molar-refractivity contribution is 5.74. The van der Waals surface area contributed by atoms with E-state index in [-0.39, 0.29) is 11.9 Å². The van der Waals surface area contributed by atoms with Gasteiger partial charge in [0.2, 0.25) is 0 Å². The number of alkyl halides is 1. The molecule has 3 nitrogen and oxygen atoms in total. The van der Waals surface area contributed by atoms with Crippen molar-refractivity contribution >= 4 is 5.97 Å². The number of hydrogen-bond acceptors (Lipinski definition) is 3. The standard InChI is InChI=1S/C16H21FO3/c1-3-20-16(18)13-5-4-6-14(17)15(13)11-7-9-12(19-2)10-8-11/h7-10,13-15H,3-6H2,1-2H3/t13-,14-,15-/m0/s1. The first-order chi connectivity index (χ1) is 9.67. The third-order valence-corrected chi connectivity index (χ3v) is 3.91. The van der Waals surface area contributed by atoms with Crippen molar-refractivity contribution < 1.29 is 18.7 Å². The molecule has 1 fully saturated rings. The van der Waals surface area contributed by atoms with Crippen molar-refractivity contribution in [3.05, 3.63) is 29.8 Å². The fourth-order valence-electron chi connectivity index (χ4n) is 2.92. The topological polar surface area (TPSA) is 35.5 Å². The molecule has 1 aliphatic carbocycles. The van der Waals surface area contributed by atoms with Gasteiger partial charge in [-0.3, -0.25) is 4.79 Å². The Morgan fingerprint density at radius 3 is 2.60 bits per heavy atom. The first-order valence-electron chi connectivity index (χ1n) is 7.12. The molecule has 1 aromatic carbocycles. The van der Waals surface area contributed by atoms with Gasteiger partial charge in [0.05, 0.1) is 19.6 Å². The molecule has 20 heavy (non-hydrogen) atoms. The summed E-state index contributed by atoms with van der Waals surface area (Å²) < 4.78 is 24.5. The fourth-order valence-corrected chi connectivity index (χ4v) is 2.92. The van der Waals surface area contributed by atoms with Crippen LogP contribution in [0.15, 0.2) is 24.3 Å². The summed E-state index contributed by atoms with van der Waals surface area (Å²) in [5, 5.41) is 0. The van der Waals surface area contributed by atoms with Crippen LogP contribution in [0, 0.1) is 5.92 Å². The maximum absolute atomic E-state index is 14.3. The molecule has 0 aliphatic heterocycles. The van der Waals surface area contributed by atoms with E-state index in [9.17, 15) is 9.18 Å². The Hall–Kier alpha value is -1.58. The zero-order chi connectivity index (χ0) is 14.5. The van der Waals surface area contributed by atoms with Gasteiger partial charge in [0.15, 0.2) is 0 Å². The Bertz CT molecular complexity index is 444. The minimum Gasteiger partial charge on any atom is -0.497 e. The largest absolute Gasteiger partial charge is 0.497 e. The highest BCUT2D eigenvalue weighted by atomic mass is 19.1. The van der Waals surface area contributed by atoms with E-state index < -0.39 is 12.1 Å². The lowest BCUT2D eigenvalue weighted by atomic mass is 9.74. The fraction of sp³-hybridized carbons (Fsp3) is 0.562. The Morgan fingerprint density at radius 2 is 2.00 bits per heavy atom. The number of carbonyl (C=O) groups is 1. The number of rotatable bonds is 4. The van der Waals surface area contributed by atoms with Crippen molar-refractivity contribution in [3.8, 4) is 5.75 Å². The molecule has 0 saturated heterocycles. The molecule has 1 saturated carbocycles. The molecule has 0 heterocycles. The van der Waals surface area contributed by atoms with Crippen LogP contribution < -0.4 is 4.74 Å². The van der Waals surface area contributed by atoms with Crippen LogP contribution >= 0.6 is 0 Å². The molecule has 0 amide bonds. The average molecular weight is 280 g/mol. The Morgan fingerprint density at radius 1 is 1.30 bits per heavy atom. The smallest absolute Gasteiger partial charge is 0.309 e. The first kappa shape index (κ1) is 14.8. The highest BCUT2D eigenvalue weighted by Crippen LogP contribution is 2.40. The molecule has 0 spiro atoms. The molecule has 0 aromatic heterocycles. The van der Waals surface area contributed by atoms with Crippen LogP contribution in [0.1, 0.15) is 37.7 Å². The average Bonchev–Trinajstić information content (AvgIpc) is 2.47. The minimum absolute atomic E-state index is 0.282. The number of benzene rings is 1. The maximum Gasteiger partial charge on any atom is 0.309 e. The van der Waals surface area contributed by atoms with Crippen LogP contribution in [-0.2, 0) is 9.53 Å². The summed E-state index contributed by atoms with van der Waals surface area (Å²) in [5.74, 6) is -0.343. The van der Waals surface area contributed by atoms with Crippen molar-refractivity contribution in [2.24, 2.45) is 5.92 Å². The zero-order valence-electron chi connectivity index (χ0n) is 12.0. The van der Waals surface area contributed by atoms with E-state index in [1.165, 1.54) is 0 Å². The predicted octanol–water partition coefficient (Wildman–Crippen LogP) is 3.48. The van der Waals surface area contributed by atoms with E-state index in [0.29, 0.717) is 19.4 Å². The van der Waals surface area contributed by atoms with Gasteiger partial charge in [-0.15, -0.1) is 0 Å². The maximum atomic E-state index is 14.3. The second kappa shape index (κ2) is 6.73. The van der Waals surface area contributed by atoms with E-state index >= 15 is 0 Å². The number of methoxy groups -OCH3 is 1. The second-order valence-corrected chi connectivity index (χ2v) is 5.10. The van der Waals surface area contributed by atoms with Crippen LogP contribution in [0.25, 0.3) is 0 Å². The highest BCUT2D eigenvalue weighted by Gasteiger charge is 2.39. The van der Waals surface area contributed by atoms with E-state index in [1.54, 1.807) is 26.2 Å². The Balaban J connectivity index is 2.24. The zero-order valence-corrected chi connectivity index (χ0v) is 12.0. The van der Waals surface area contributed by atoms with Crippen LogP contribution in [0.3, 0.4) is 0 Å². The molecule has 0 N–H and O–H groups in total. The third kappa shape index (κ3) is 3.11. The van der Waals surface area contributed by atoms with E-state index in [2.05, 4.69) is 0 Å². The monoisotopic (exact) mass is 280 g/mol. The van der Waals surface area contributed by atoms with E-state index in [1.807, 2.05) is 12.1 Å². The van der Waals surface area contributed by atoms with Gasteiger partial charge in [-0.2, -0.15) is 0 Å². The second-order valence-electron chi connectivity index (χ2n) is 5.10. The number of esters is 1. The predicted molar refractivity (Wildman–Crippen MR) is 74.6 cm³/mol. The molecule has 2 rings (SSSR count). The van der Waals surface area contributed by atoms with Crippen molar-refractivity contribution in [1.82, 2.24) is 0 Å². The van der Waals surface area contributed by atoms with Crippen molar-refractivity contribution in [2.45, 2.75) is 38.3 Å². The molecule has 1 aromatic rings. The lowest BCUT2D eigenvalue weighted by Crippen LogP contribution is -2.34. The lowest BCUT2D eigenvalue weighted by Gasteiger charge is -2.33. The summed E-state index contributed by atoms with van der Waals surface area (Å²) >= 11 is 0. The Labute approximate surface area is 119 Å². The molecule has 110 valence electrons. The number of hydrogen-bond donors (Lipinski definition) is 0. The van der Waals surface area contributed by atoms with Crippen molar-refractivity contribution in [2.75, 3.05) is 13.7 Å². The molecule has 0 radical (unpaired) electrons. The van der Waals surface area contributed by atoms with Gasteiger partial charge in [0.25, 0.3) is 0 Å². The molecular formula is C16H21FO3. The summed E-state index contributed by atoms with van der Waals surface area (Å²) in [6.45, 7) is 2.11. The SMILES string of the molecule is CCOC(=O)[C@H]1CCC[C@H](F)[C@H]1c1ccc(OC)cc1. The number of halogens is 1.